The lowest BCUT2D eigenvalue weighted by Crippen LogP contribution is -2.30. The molecule has 1 aliphatic carbocycles. The first-order chi connectivity index (χ1) is 11.5. The maximum atomic E-state index is 12.9. The molecule has 0 saturated carbocycles. The van der Waals surface area contributed by atoms with Crippen LogP contribution in [0.4, 0.5) is 0 Å². The van der Waals surface area contributed by atoms with Crippen LogP contribution in [0.25, 0.3) is 10.2 Å². The van der Waals surface area contributed by atoms with E-state index in [0.29, 0.717) is 17.9 Å². The molecular formula is C17H22N2O4S. The van der Waals surface area contributed by atoms with Crippen LogP contribution in [-0.4, -0.2) is 35.8 Å². The molecule has 0 unspecified atom stereocenters. The Hall–Kier alpha value is -1.73. The molecule has 0 bridgehead atoms. The van der Waals surface area contributed by atoms with Crippen molar-refractivity contribution in [2.75, 3.05) is 20.3 Å². The molecule has 2 aromatic heterocycles. The quantitative estimate of drug-likeness (QED) is 0.611. The molecule has 0 radical (unpaired) electrons. The van der Waals surface area contributed by atoms with Crippen molar-refractivity contribution in [1.29, 1.82) is 0 Å². The smallest absolute Gasteiger partial charge is 0.329 e. The topological polar surface area (TPSA) is 70.4 Å². The molecule has 7 heteroatoms. The zero-order chi connectivity index (χ0) is 17.3. The van der Waals surface area contributed by atoms with Gasteiger partial charge >= 0.3 is 5.97 Å². The maximum absolute atomic E-state index is 12.9. The van der Waals surface area contributed by atoms with E-state index in [0.717, 1.165) is 29.7 Å². The number of aromatic nitrogens is 2. The van der Waals surface area contributed by atoms with Gasteiger partial charge in [0.2, 0.25) is 0 Å². The van der Waals surface area contributed by atoms with Crippen LogP contribution in [-0.2, 0) is 27.1 Å². The van der Waals surface area contributed by atoms with Crippen molar-refractivity contribution in [2.24, 2.45) is 5.92 Å². The first-order valence-corrected chi connectivity index (χ1v) is 9.01. The second-order valence-corrected chi connectivity index (χ2v) is 7.41. The number of hydrogen-bond acceptors (Lipinski definition) is 6. The largest absolute Gasteiger partial charge is 0.462 e. The highest BCUT2D eigenvalue weighted by Crippen LogP contribution is 2.35. The van der Waals surface area contributed by atoms with Gasteiger partial charge in [0, 0.05) is 12.0 Å². The lowest BCUT2D eigenvalue weighted by molar-refractivity contribution is -0.148. The Kier molecular flexibility index (Phi) is 5.01. The van der Waals surface area contributed by atoms with Crippen LogP contribution in [0.5, 0.6) is 0 Å². The second-order valence-electron chi connectivity index (χ2n) is 6.33. The fourth-order valence-electron chi connectivity index (χ4n) is 3.08. The van der Waals surface area contributed by atoms with Crippen LogP contribution in [0.2, 0.25) is 0 Å². The first kappa shape index (κ1) is 17.1. The van der Waals surface area contributed by atoms with Gasteiger partial charge in [0.1, 0.15) is 17.5 Å². The number of methoxy groups -OCH3 is 1. The van der Waals surface area contributed by atoms with E-state index < -0.39 is 12.0 Å². The van der Waals surface area contributed by atoms with E-state index in [2.05, 4.69) is 11.9 Å². The summed E-state index contributed by atoms with van der Waals surface area (Å²) in [5, 5.41) is 0.681. The van der Waals surface area contributed by atoms with Crippen molar-refractivity contribution in [2.45, 2.75) is 39.2 Å². The standard InChI is InChI=1S/C17H22N2O4S/c1-10-4-5-12-13(8-10)24-15-14(12)16(20)19(9-18-15)11(2)17(21)23-7-6-22-3/h9-11H,4-8H2,1-3H3/t10-,11-/m0/s1. The molecule has 1 aliphatic rings. The van der Waals surface area contributed by atoms with Crippen molar-refractivity contribution < 1.29 is 14.3 Å². The van der Waals surface area contributed by atoms with Gasteiger partial charge in [0.05, 0.1) is 18.3 Å². The zero-order valence-electron chi connectivity index (χ0n) is 14.2. The molecule has 24 heavy (non-hydrogen) atoms. The van der Waals surface area contributed by atoms with E-state index in [1.54, 1.807) is 25.4 Å². The fourth-order valence-corrected chi connectivity index (χ4v) is 4.42. The van der Waals surface area contributed by atoms with Crippen molar-refractivity contribution >= 4 is 27.5 Å². The SMILES string of the molecule is COCCOC(=O)[C@H](C)n1cnc2sc3c(c2c1=O)CC[C@H](C)C3. The van der Waals surface area contributed by atoms with Crippen molar-refractivity contribution in [3.05, 3.63) is 27.1 Å². The first-order valence-electron chi connectivity index (χ1n) is 8.20. The Morgan fingerprint density at radius 2 is 2.29 bits per heavy atom. The summed E-state index contributed by atoms with van der Waals surface area (Å²) >= 11 is 1.61. The number of rotatable bonds is 5. The summed E-state index contributed by atoms with van der Waals surface area (Å²) < 4.78 is 11.4. The molecule has 0 aromatic carbocycles. The monoisotopic (exact) mass is 350 g/mol. The van der Waals surface area contributed by atoms with Gasteiger partial charge in [-0.25, -0.2) is 9.78 Å². The van der Waals surface area contributed by atoms with Gasteiger partial charge in [-0.2, -0.15) is 0 Å². The third kappa shape index (κ3) is 3.10. The molecule has 0 spiro atoms. The second kappa shape index (κ2) is 7.03. The van der Waals surface area contributed by atoms with Crippen LogP contribution in [0, 0.1) is 5.92 Å². The highest BCUT2D eigenvalue weighted by Gasteiger charge is 2.25. The summed E-state index contributed by atoms with van der Waals surface area (Å²) in [5.41, 5.74) is 0.975. The van der Waals surface area contributed by atoms with Crippen LogP contribution >= 0.6 is 11.3 Å². The average molecular weight is 350 g/mol. The van der Waals surface area contributed by atoms with E-state index in [1.165, 1.54) is 15.8 Å². The average Bonchev–Trinajstić information content (AvgIpc) is 2.92. The summed E-state index contributed by atoms with van der Waals surface area (Å²) in [6.07, 6.45) is 4.45. The lowest BCUT2D eigenvalue weighted by Gasteiger charge is -2.18. The van der Waals surface area contributed by atoms with E-state index in [4.69, 9.17) is 9.47 Å². The molecule has 130 valence electrons. The minimum Gasteiger partial charge on any atom is -0.462 e. The zero-order valence-corrected chi connectivity index (χ0v) is 15.0. The molecule has 6 nitrogen and oxygen atoms in total. The Labute approximate surface area is 144 Å². The number of aryl methyl sites for hydroxylation is 1. The number of esters is 1. The number of nitrogens with zero attached hydrogens (tertiary/aromatic N) is 2. The summed E-state index contributed by atoms with van der Waals surface area (Å²) in [6, 6.07) is -0.704. The molecule has 0 fully saturated rings. The summed E-state index contributed by atoms with van der Waals surface area (Å²) in [6.45, 7) is 4.40. The predicted molar refractivity (Wildman–Crippen MR) is 92.6 cm³/mol. The Bertz CT molecular complexity index is 811. The number of thiophene rings is 1. The third-order valence-corrected chi connectivity index (χ3v) is 5.69. The van der Waals surface area contributed by atoms with Gasteiger partial charge < -0.3 is 9.47 Å². The molecule has 2 aromatic rings. The maximum Gasteiger partial charge on any atom is 0.329 e. The fraction of sp³-hybridized carbons (Fsp3) is 0.588. The normalized spacial score (nSPS) is 18.4. The van der Waals surface area contributed by atoms with E-state index in [-0.39, 0.29) is 12.2 Å². The number of fused-ring (bicyclic) bond motifs is 3. The molecule has 3 rings (SSSR count). The Morgan fingerprint density at radius 3 is 3.04 bits per heavy atom. The molecule has 0 amide bonds. The third-order valence-electron chi connectivity index (χ3n) is 4.53. The van der Waals surface area contributed by atoms with Crippen LogP contribution < -0.4 is 5.56 Å². The lowest BCUT2D eigenvalue weighted by atomic mass is 9.89. The van der Waals surface area contributed by atoms with Gasteiger partial charge in [-0.3, -0.25) is 9.36 Å². The van der Waals surface area contributed by atoms with Gasteiger partial charge in [0.15, 0.2) is 0 Å². The predicted octanol–water partition coefficient (Wildman–Crippen LogP) is 2.33. The Morgan fingerprint density at radius 1 is 1.50 bits per heavy atom. The van der Waals surface area contributed by atoms with Crippen molar-refractivity contribution in [3.63, 3.8) is 0 Å². The van der Waals surface area contributed by atoms with Crippen molar-refractivity contribution in [3.8, 4) is 0 Å². The van der Waals surface area contributed by atoms with Gasteiger partial charge in [-0.05, 0) is 37.7 Å². The number of carbonyl (C=O) groups is 1. The highest BCUT2D eigenvalue weighted by atomic mass is 32.1. The van der Waals surface area contributed by atoms with Gasteiger partial charge in [-0.15, -0.1) is 11.3 Å². The van der Waals surface area contributed by atoms with E-state index >= 15 is 0 Å². The van der Waals surface area contributed by atoms with E-state index in [9.17, 15) is 9.59 Å². The Balaban J connectivity index is 1.94. The van der Waals surface area contributed by atoms with Crippen molar-refractivity contribution in [1.82, 2.24) is 9.55 Å². The summed E-state index contributed by atoms with van der Waals surface area (Å²) in [7, 11) is 1.54. The summed E-state index contributed by atoms with van der Waals surface area (Å²) in [4.78, 5) is 31.5. The van der Waals surface area contributed by atoms with Crippen LogP contribution in [0.3, 0.4) is 0 Å². The van der Waals surface area contributed by atoms with Gasteiger partial charge in [-0.1, -0.05) is 6.92 Å². The van der Waals surface area contributed by atoms with Crippen LogP contribution in [0.1, 0.15) is 36.8 Å². The molecule has 0 saturated heterocycles. The van der Waals surface area contributed by atoms with E-state index in [1.807, 2.05) is 0 Å². The molecule has 2 atom stereocenters. The summed E-state index contributed by atoms with van der Waals surface area (Å²) in [5.74, 6) is 0.190. The minimum atomic E-state index is -0.704. The molecule has 0 N–H and O–H groups in total. The highest BCUT2D eigenvalue weighted by molar-refractivity contribution is 7.18. The van der Waals surface area contributed by atoms with Gasteiger partial charge in [0.25, 0.3) is 5.56 Å². The minimum absolute atomic E-state index is 0.150. The molecular weight excluding hydrogens is 328 g/mol. The van der Waals surface area contributed by atoms with Crippen LogP contribution in [0.15, 0.2) is 11.1 Å². The number of ether oxygens (including phenoxy) is 2. The number of hydrogen-bond donors (Lipinski definition) is 0. The number of carbonyl (C=O) groups excluding carboxylic acids is 1. The molecule has 0 aliphatic heterocycles. The molecule has 2 heterocycles.